The molecule has 0 spiro atoms. The maximum absolute atomic E-state index is 12.3. The molecule has 1 aliphatic rings. The minimum Gasteiger partial charge on any atom is -0.496 e. The molecule has 0 unspecified atom stereocenters. The van der Waals surface area contributed by atoms with Crippen LogP contribution < -0.4 is 10.1 Å². The molecular weight excluding hydrogens is 356 g/mol. The molecule has 0 saturated carbocycles. The van der Waals surface area contributed by atoms with Gasteiger partial charge in [-0.05, 0) is 43.0 Å². The topological polar surface area (TPSA) is 75.7 Å². The zero-order chi connectivity index (χ0) is 19.9. The molecule has 0 atom stereocenters. The number of benzene rings is 2. The first-order chi connectivity index (χ1) is 13.6. The largest absolute Gasteiger partial charge is 0.496 e. The van der Waals surface area contributed by atoms with Crippen molar-refractivity contribution >= 4 is 17.7 Å². The highest BCUT2D eigenvalue weighted by Gasteiger charge is 2.34. The molecule has 6 heteroatoms. The van der Waals surface area contributed by atoms with Crippen LogP contribution in [0.5, 0.6) is 5.75 Å². The molecule has 2 aromatic rings. The second-order valence-electron chi connectivity index (χ2n) is 6.68. The van der Waals surface area contributed by atoms with Gasteiger partial charge in [-0.15, -0.1) is 0 Å². The Morgan fingerprint density at radius 1 is 0.964 bits per heavy atom. The van der Waals surface area contributed by atoms with Gasteiger partial charge in [0.25, 0.3) is 11.8 Å². The van der Waals surface area contributed by atoms with Crippen LogP contribution in [0, 0.1) is 0 Å². The van der Waals surface area contributed by atoms with E-state index < -0.39 is 0 Å². The van der Waals surface area contributed by atoms with Crippen molar-refractivity contribution < 1.29 is 19.1 Å². The van der Waals surface area contributed by atoms with Crippen molar-refractivity contribution in [3.63, 3.8) is 0 Å². The number of nitrogens with one attached hydrogen (secondary N) is 1. The molecule has 3 amide bonds. The van der Waals surface area contributed by atoms with Gasteiger partial charge in [0.2, 0.25) is 5.91 Å². The van der Waals surface area contributed by atoms with Gasteiger partial charge in [0.05, 0.1) is 18.2 Å². The summed E-state index contributed by atoms with van der Waals surface area (Å²) in [7, 11) is 1.66. The highest BCUT2D eigenvalue weighted by Crippen LogP contribution is 2.22. The molecule has 1 heterocycles. The van der Waals surface area contributed by atoms with Crippen molar-refractivity contribution in [3.05, 3.63) is 65.2 Å². The number of unbranched alkanes of at least 4 members (excludes halogenated alkanes) is 1. The zero-order valence-electron chi connectivity index (χ0n) is 15.9. The van der Waals surface area contributed by atoms with Crippen LogP contribution >= 0.6 is 0 Å². The van der Waals surface area contributed by atoms with Crippen LogP contribution in [0.4, 0.5) is 0 Å². The van der Waals surface area contributed by atoms with E-state index in [-0.39, 0.29) is 30.7 Å². The van der Waals surface area contributed by atoms with Gasteiger partial charge in [0.15, 0.2) is 0 Å². The van der Waals surface area contributed by atoms with Gasteiger partial charge in [0.1, 0.15) is 5.75 Å². The van der Waals surface area contributed by atoms with Crippen molar-refractivity contribution in [1.29, 1.82) is 0 Å². The summed E-state index contributed by atoms with van der Waals surface area (Å²) < 4.78 is 5.33. The predicted octanol–water partition coefficient (Wildman–Crippen LogP) is 2.82. The Balaban J connectivity index is 1.37. The third-order valence-electron chi connectivity index (χ3n) is 4.83. The Bertz CT molecular complexity index is 843. The van der Waals surface area contributed by atoms with Crippen LogP contribution in [0.1, 0.15) is 45.5 Å². The summed E-state index contributed by atoms with van der Waals surface area (Å²) in [6.07, 6.45) is 2.77. The number of imide groups is 1. The van der Waals surface area contributed by atoms with E-state index in [0.29, 0.717) is 17.7 Å². The summed E-state index contributed by atoms with van der Waals surface area (Å²) >= 11 is 0. The van der Waals surface area contributed by atoms with E-state index in [1.165, 1.54) is 0 Å². The lowest BCUT2D eigenvalue weighted by atomic mass is 10.1. The number of para-hydroxylation sites is 1. The molecule has 0 bridgehead atoms. The van der Waals surface area contributed by atoms with Crippen LogP contribution in [-0.4, -0.2) is 42.8 Å². The summed E-state index contributed by atoms with van der Waals surface area (Å²) in [6.45, 7) is 0.662. The Morgan fingerprint density at radius 2 is 1.61 bits per heavy atom. The van der Waals surface area contributed by atoms with Gasteiger partial charge in [-0.1, -0.05) is 30.3 Å². The Labute approximate surface area is 164 Å². The van der Waals surface area contributed by atoms with E-state index >= 15 is 0 Å². The molecular formula is C22H24N2O4. The van der Waals surface area contributed by atoms with E-state index in [0.717, 1.165) is 35.5 Å². The lowest BCUT2D eigenvalue weighted by Gasteiger charge is -2.13. The molecule has 146 valence electrons. The number of aryl methyl sites for hydroxylation is 1. The number of amides is 3. The summed E-state index contributed by atoms with van der Waals surface area (Å²) in [5, 5.41) is 2.85. The Kier molecular flexibility index (Phi) is 6.42. The Morgan fingerprint density at radius 3 is 2.29 bits per heavy atom. The average Bonchev–Trinajstić information content (AvgIpc) is 2.97. The number of methoxy groups -OCH3 is 1. The molecule has 0 aliphatic carbocycles. The first kappa shape index (κ1) is 19.6. The van der Waals surface area contributed by atoms with Gasteiger partial charge in [-0.25, -0.2) is 0 Å². The SMILES string of the molecule is COc1ccccc1CCCCNC(=O)CCN1C(=O)c2ccccc2C1=O. The van der Waals surface area contributed by atoms with Crippen molar-refractivity contribution in [3.8, 4) is 5.75 Å². The molecule has 3 rings (SSSR count). The van der Waals surface area contributed by atoms with Crippen LogP contribution in [0.3, 0.4) is 0 Å². The fourth-order valence-electron chi connectivity index (χ4n) is 3.32. The molecule has 0 saturated heterocycles. The number of carbonyl (C=O) groups excluding carboxylic acids is 3. The van der Waals surface area contributed by atoms with Gasteiger partial charge in [0, 0.05) is 19.5 Å². The standard InChI is InChI=1S/C22H24N2O4/c1-28-19-12-5-2-8-16(19)9-6-7-14-23-20(25)13-15-24-21(26)17-10-3-4-11-18(17)22(24)27/h2-5,8,10-12H,6-7,9,13-15H2,1H3,(H,23,25). The van der Waals surface area contributed by atoms with Crippen molar-refractivity contribution in [2.24, 2.45) is 0 Å². The number of carbonyl (C=O) groups is 3. The fourth-order valence-corrected chi connectivity index (χ4v) is 3.32. The summed E-state index contributed by atoms with van der Waals surface area (Å²) in [5.41, 5.74) is 1.97. The highest BCUT2D eigenvalue weighted by molar-refractivity contribution is 6.21. The van der Waals surface area contributed by atoms with E-state index in [1.807, 2.05) is 24.3 Å². The predicted molar refractivity (Wildman–Crippen MR) is 105 cm³/mol. The minimum atomic E-state index is -0.329. The van der Waals surface area contributed by atoms with Crippen molar-refractivity contribution in [2.45, 2.75) is 25.7 Å². The monoisotopic (exact) mass is 380 g/mol. The molecule has 2 aromatic carbocycles. The van der Waals surface area contributed by atoms with Crippen LogP contribution in [0.15, 0.2) is 48.5 Å². The van der Waals surface area contributed by atoms with Gasteiger partial charge in [-0.2, -0.15) is 0 Å². The highest BCUT2D eigenvalue weighted by atomic mass is 16.5. The molecule has 28 heavy (non-hydrogen) atoms. The maximum Gasteiger partial charge on any atom is 0.261 e. The second-order valence-corrected chi connectivity index (χ2v) is 6.68. The average molecular weight is 380 g/mol. The van der Waals surface area contributed by atoms with Crippen LogP contribution in [0.2, 0.25) is 0 Å². The Hall–Kier alpha value is -3.15. The third kappa shape index (κ3) is 4.39. The van der Waals surface area contributed by atoms with Crippen LogP contribution in [-0.2, 0) is 11.2 Å². The molecule has 1 N–H and O–H groups in total. The summed E-state index contributed by atoms with van der Waals surface area (Å²) in [4.78, 5) is 37.7. The first-order valence-electron chi connectivity index (χ1n) is 9.45. The van der Waals surface area contributed by atoms with Gasteiger partial charge >= 0.3 is 0 Å². The van der Waals surface area contributed by atoms with E-state index in [1.54, 1.807) is 31.4 Å². The minimum absolute atomic E-state index is 0.0966. The second kappa shape index (κ2) is 9.17. The summed E-state index contributed by atoms with van der Waals surface area (Å²) in [5.74, 6) is 0.0664. The molecule has 0 aromatic heterocycles. The van der Waals surface area contributed by atoms with E-state index in [4.69, 9.17) is 4.74 Å². The number of fused-ring (bicyclic) bond motifs is 1. The van der Waals surface area contributed by atoms with Crippen molar-refractivity contribution in [2.75, 3.05) is 20.2 Å². The van der Waals surface area contributed by atoms with Crippen LogP contribution in [0.25, 0.3) is 0 Å². The number of hydrogen-bond acceptors (Lipinski definition) is 4. The summed E-state index contributed by atoms with van der Waals surface area (Å²) in [6, 6.07) is 14.6. The quantitative estimate of drug-likeness (QED) is 0.536. The lowest BCUT2D eigenvalue weighted by Crippen LogP contribution is -2.34. The molecule has 0 radical (unpaired) electrons. The third-order valence-corrected chi connectivity index (χ3v) is 4.83. The molecule has 0 fully saturated rings. The number of rotatable bonds is 9. The maximum atomic E-state index is 12.3. The smallest absolute Gasteiger partial charge is 0.261 e. The number of ether oxygens (including phenoxy) is 1. The van der Waals surface area contributed by atoms with Gasteiger partial charge < -0.3 is 10.1 Å². The number of hydrogen-bond donors (Lipinski definition) is 1. The van der Waals surface area contributed by atoms with E-state index in [2.05, 4.69) is 5.32 Å². The normalized spacial score (nSPS) is 12.8. The molecule has 6 nitrogen and oxygen atoms in total. The van der Waals surface area contributed by atoms with Gasteiger partial charge in [-0.3, -0.25) is 19.3 Å². The lowest BCUT2D eigenvalue weighted by molar-refractivity contribution is -0.121. The number of nitrogens with zero attached hydrogens (tertiary/aromatic N) is 1. The van der Waals surface area contributed by atoms with E-state index in [9.17, 15) is 14.4 Å². The zero-order valence-corrected chi connectivity index (χ0v) is 15.9. The fraction of sp³-hybridized carbons (Fsp3) is 0.318. The first-order valence-corrected chi connectivity index (χ1v) is 9.45. The molecule has 1 aliphatic heterocycles. The van der Waals surface area contributed by atoms with Crippen molar-refractivity contribution in [1.82, 2.24) is 10.2 Å².